The molecule has 3 aromatic rings. The van der Waals surface area contributed by atoms with Crippen molar-refractivity contribution in [2.45, 2.75) is 6.42 Å². The van der Waals surface area contributed by atoms with Crippen LogP contribution in [-0.4, -0.2) is 48.8 Å². The lowest BCUT2D eigenvalue weighted by Gasteiger charge is -2.14. The summed E-state index contributed by atoms with van der Waals surface area (Å²) >= 11 is 12.3. The Hall–Kier alpha value is -4.07. The Morgan fingerprint density at radius 2 is 1.87 bits per heavy atom. The number of pyridine rings is 1. The highest BCUT2D eigenvalue weighted by atomic mass is 35.5. The van der Waals surface area contributed by atoms with E-state index in [0.29, 0.717) is 0 Å². The maximum atomic E-state index is 13.7. The Morgan fingerprint density at radius 3 is 2.54 bits per heavy atom. The minimum atomic E-state index is -1.35. The van der Waals surface area contributed by atoms with Gasteiger partial charge in [-0.15, -0.1) is 0 Å². The van der Waals surface area contributed by atoms with Crippen LogP contribution in [0.25, 0.3) is 17.3 Å². The molecule has 1 saturated heterocycles. The van der Waals surface area contributed by atoms with Crippen LogP contribution >= 0.6 is 35.6 Å². The summed E-state index contributed by atoms with van der Waals surface area (Å²) in [7, 11) is 0. The number of H-pyrrole nitrogens is 1. The number of carboxylic acids is 1. The van der Waals surface area contributed by atoms with E-state index in [1.54, 1.807) is 0 Å². The van der Waals surface area contributed by atoms with Crippen molar-refractivity contribution in [1.82, 2.24) is 9.88 Å². The number of thioether (sulfide) groups is 1. The Bertz CT molecular complexity index is 1640. The van der Waals surface area contributed by atoms with Crippen molar-refractivity contribution < 1.29 is 38.1 Å². The van der Waals surface area contributed by atoms with Crippen molar-refractivity contribution in [1.29, 1.82) is 0 Å². The summed E-state index contributed by atoms with van der Waals surface area (Å²) in [5, 5.41) is 18.4. The van der Waals surface area contributed by atoms with Crippen molar-refractivity contribution in [3.8, 4) is 22.8 Å². The largest absolute Gasteiger partial charge is 0.507 e. The van der Waals surface area contributed by atoms with Gasteiger partial charge in [-0.3, -0.25) is 19.3 Å². The van der Waals surface area contributed by atoms with Gasteiger partial charge in [0, 0.05) is 29.9 Å². The van der Waals surface area contributed by atoms with E-state index in [-0.39, 0.29) is 55.5 Å². The number of carbonyl (C=O) groups excluding carboxylic acids is 2. The molecule has 1 aromatic heterocycles. The fourth-order valence-corrected chi connectivity index (χ4v) is 4.89. The number of esters is 1. The fraction of sp³-hybridized carbons (Fsp3) is 0.0800. The number of nitrogens with one attached hydrogen (secondary N) is 1. The maximum absolute atomic E-state index is 13.7. The number of ether oxygens (including phenoxy) is 1. The van der Waals surface area contributed by atoms with Crippen molar-refractivity contribution in [3.05, 3.63) is 85.5 Å². The Labute approximate surface area is 232 Å². The Balaban J connectivity index is 1.48. The number of amides is 1. The standard InChI is InChI=1S/C25H15ClF2N2O7S2/c26-22-17(29-16(9-19(22)32)11-1-4-14(27)15(28)7-11)10-20-23(34)30(25(38)39-20)6-5-21(33)37-12-2-3-13(24(35)36)18(31)8-12/h1-4,7-10,31H,5-6H2,(H,29,32)(H,35,36)/b20-10-. The number of aromatic carboxylic acids is 1. The molecule has 0 saturated carbocycles. The highest BCUT2D eigenvalue weighted by Crippen LogP contribution is 2.34. The lowest BCUT2D eigenvalue weighted by atomic mass is 10.1. The zero-order chi connectivity index (χ0) is 28.4. The van der Waals surface area contributed by atoms with E-state index in [0.717, 1.165) is 47.0 Å². The third-order valence-electron chi connectivity index (χ3n) is 5.35. The van der Waals surface area contributed by atoms with Crippen molar-refractivity contribution >= 4 is 63.8 Å². The Kier molecular flexibility index (Phi) is 8.14. The first-order valence-corrected chi connectivity index (χ1v) is 12.5. The number of aromatic hydroxyl groups is 1. The molecule has 0 unspecified atom stereocenters. The van der Waals surface area contributed by atoms with E-state index in [4.69, 9.17) is 33.7 Å². The van der Waals surface area contributed by atoms with E-state index in [1.165, 1.54) is 18.2 Å². The van der Waals surface area contributed by atoms with Crippen LogP contribution in [0.5, 0.6) is 11.5 Å². The molecule has 200 valence electrons. The van der Waals surface area contributed by atoms with E-state index >= 15 is 0 Å². The first kappa shape index (κ1) is 28.0. The number of rotatable bonds is 7. The van der Waals surface area contributed by atoms with Crippen LogP contribution in [0.15, 0.2) is 52.2 Å². The molecular formula is C25H15ClF2N2O7S2. The van der Waals surface area contributed by atoms with Gasteiger partial charge in [0.05, 0.1) is 17.0 Å². The maximum Gasteiger partial charge on any atom is 0.339 e. The van der Waals surface area contributed by atoms with Crippen LogP contribution in [0.2, 0.25) is 5.02 Å². The van der Waals surface area contributed by atoms with E-state index in [2.05, 4.69) is 4.98 Å². The minimum absolute atomic E-state index is 0.0356. The molecule has 0 spiro atoms. The molecule has 1 amide bonds. The molecule has 1 fully saturated rings. The van der Waals surface area contributed by atoms with Crippen LogP contribution in [0.4, 0.5) is 8.78 Å². The number of hydrogen-bond donors (Lipinski definition) is 3. The minimum Gasteiger partial charge on any atom is -0.507 e. The molecule has 0 radical (unpaired) electrons. The molecule has 3 N–H and O–H groups in total. The number of aromatic nitrogens is 1. The molecular weight excluding hydrogens is 578 g/mol. The topological polar surface area (TPSA) is 137 Å². The molecule has 39 heavy (non-hydrogen) atoms. The van der Waals surface area contributed by atoms with Gasteiger partial charge in [-0.1, -0.05) is 35.6 Å². The van der Waals surface area contributed by atoms with E-state index in [9.17, 15) is 33.1 Å². The molecule has 14 heteroatoms. The zero-order valence-electron chi connectivity index (χ0n) is 19.4. The summed E-state index contributed by atoms with van der Waals surface area (Å²) < 4.78 is 32.2. The summed E-state index contributed by atoms with van der Waals surface area (Å²) in [5.41, 5.74) is -0.643. The van der Waals surface area contributed by atoms with Gasteiger partial charge in [0.1, 0.15) is 26.4 Å². The van der Waals surface area contributed by atoms with Crippen LogP contribution in [0.1, 0.15) is 22.5 Å². The smallest absolute Gasteiger partial charge is 0.339 e. The predicted octanol–water partition coefficient (Wildman–Crippen LogP) is 4.57. The lowest BCUT2D eigenvalue weighted by Crippen LogP contribution is -2.31. The number of halogens is 3. The number of carboxylic acid groups (broad SMARTS) is 1. The van der Waals surface area contributed by atoms with Crippen molar-refractivity contribution in [3.63, 3.8) is 0 Å². The molecule has 2 aromatic carbocycles. The van der Waals surface area contributed by atoms with E-state index in [1.807, 2.05) is 0 Å². The summed E-state index contributed by atoms with van der Waals surface area (Å²) in [6.07, 6.45) is 1.00. The molecule has 9 nitrogen and oxygen atoms in total. The summed E-state index contributed by atoms with van der Waals surface area (Å²) in [5.74, 6) is -5.55. The lowest BCUT2D eigenvalue weighted by molar-refractivity contribution is -0.134. The van der Waals surface area contributed by atoms with Crippen LogP contribution in [0, 0.1) is 11.6 Å². The third kappa shape index (κ3) is 6.16. The second-order valence-corrected chi connectivity index (χ2v) is 10.00. The Morgan fingerprint density at radius 1 is 1.13 bits per heavy atom. The number of benzene rings is 2. The number of nitrogens with zero attached hydrogens (tertiary/aromatic N) is 1. The van der Waals surface area contributed by atoms with Gasteiger partial charge < -0.3 is 19.9 Å². The highest BCUT2D eigenvalue weighted by Gasteiger charge is 2.32. The average molecular weight is 593 g/mol. The molecule has 0 atom stereocenters. The van der Waals surface area contributed by atoms with E-state index < -0.39 is 40.7 Å². The van der Waals surface area contributed by atoms with Gasteiger partial charge in [-0.05, 0) is 36.4 Å². The second kappa shape index (κ2) is 11.4. The van der Waals surface area contributed by atoms with Crippen molar-refractivity contribution in [2.75, 3.05) is 6.54 Å². The third-order valence-corrected chi connectivity index (χ3v) is 7.12. The number of hydrogen-bond acceptors (Lipinski definition) is 8. The number of aromatic amines is 1. The summed E-state index contributed by atoms with van der Waals surface area (Å²) in [4.78, 5) is 52.6. The van der Waals surface area contributed by atoms with Gasteiger partial charge >= 0.3 is 11.9 Å². The van der Waals surface area contributed by atoms with Crippen LogP contribution in [-0.2, 0) is 9.59 Å². The van der Waals surface area contributed by atoms with Gasteiger partial charge in [-0.2, -0.15) is 0 Å². The van der Waals surface area contributed by atoms with Gasteiger partial charge in [-0.25, -0.2) is 13.6 Å². The second-order valence-electron chi connectivity index (χ2n) is 7.95. The monoisotopic (exact) mass is 592 g/mol. The summed E-state index contributed by atoms with van der Waals surface area (Å²) in [6, 6.07) is 7.43. The first-order chi connectivity index (χ1) is 18.4. The number of thiocarbonyl (C=S) groups is 1. The molecule has 1 aliphatic rings. The molecule has 0 bridgehead atoms. The molecule has 2 heterocycles. The molecule has 4 rings (SSSR count). The number of carbonyl (C=O) groups is 3. The quantitative estimate of drug-likeness (QED) is 0.156. The first-order valence-electron chi connectivity index (χ1n) is 10.8. The normalized spacial score (nSPS) is 14.2. The predicted molar refractivity (Wildman–Crippen MR) is 143 cm³/mol. The van der Waals surface area contributed by atoms with Crippen LogP contribution < -0.4 is 10.2 Å². The summed E-state index contributed by atoms with van der Waals surface area (Å²) in [6.45, 7) is -0.154. The van der Waals surface area contributed by atoms with Crippen LogP contribution in [0.3, 0.4) is 0 Å². The zero-order valence-corrected chi connectivity index (χ0v) is 21.8. The van der Waals surface area contributed by atoms with Gasteiger partial charge in [0.2, 0.25) is 5.43 Å². The molecule has 0 aliphatic carbocycles. The number of phenols is 1. The van der Waals surface area contributed by atoms with Crippen molar-refractivity contribution in [2.24, 2.45) is 0 Å². The highest BCUT2D eigenvalue weighted by molar-refractivity contribution is 8.26. The average Bonchev–Trinajstić information content (AvgIpc) is 3.13. The fourth-order valence-electron chi connectivity index (χ4n) is 3.45. The molecule has 1 aliphatic heterocycles. The SMILES string of the molecule is O=C(CCN1C(=O)/C(=C/c2[nH]c(-c3ccc(F)c(F)c3)cc(=O)c2Cl)SC1=S)Oc1ccc(C(=O)O)c(O)c1. The van der Waals surface area contributed by atoms with Gasteiger partial charge in [0.15, 0.2) is 11.6 Å². The van der Waals surface area contributed by atoms with Gasteiger partial charge in [0.25, 0.3) is 5.91 Å².